The minimum atomic E-state index is -0.481. The molecule has 0 aliphatic heterocycles. The topological polar surface area (TPSA) is 44.8 Å². The molecule has 1 aromatic rings. The number of methoxy groups -OCH3 is 1. The third-order valence-corrected chi connectivity index (χ3v) is 2.15. The quantitative estimate of drug-likeness (QED) is 0.422. The van der Waals surface area contributed by atoms with E-state index in [0.29, 0.717) is 18.6 Å². The summed E-state index contributed by atoms with van der Waals surface area (Å²) in [5.74, 6) is -0.481. The van der Waals surface area contributed by atoms with Gasteiger partial charge in [0, 0.05) is 13.5 Å². The zero-order valence-electron chi connectivity index (χ0n) is 9.51. The van der Waals surface area contributed by atoms with E-state index in [1.54, 1.807) is 31.4 Å². The highest BCUT2D eigenvalue weighted by Gasteiger charge is 2.07. The lowest BCUT2D eigenvalue weighted by atomic mass is 10.2. The van der Waals surface area contributed by atoms with Crippen molar-refractivity contribution in [2.45, 2.75) is 19.4 Å². The van der Waals surface area contributed by atoms with Gasteiger partial charge in [-0.05, 0) is 19.1 Å². The van der Waals surface area contributed by atoms with Crippen LogP contribution in [0.5, 0.6) is 0 Å². The second-order valence-electron chi connectivity index (χ2n) is 3.39. The minimum Gasteiger partial charge on any atom is -0.382 e. The molecule has 0 aromatic heterocycles. The van der Waals surface area contributed by atoms with Gasteiger partial charge in [-0.25, -0.2) is 4.79 Å². The van der Waals surface area contributed by atoms with E-state index >= 15 is 0 Å². The van der Waals surface area contributed by atoms with Crippen LogP contribution in [0.25, 0.3) is 0 Å². The van der Waals surface area contributed by atoms with Gasteiger partial charge in [0.15, 0.2) is 0 Å². The van der Waals surface area contributed by atoms with Crippen LogP contribution in [0.1, 0.15) is 23.7 Å². The summed E-state index contributed by atoms with van der Waals surface area (Å²) in [7, 11) is 1.63. The van der Waals surface area contributed by atoms with Crippen LogP contribution in [0.4, 0.5) is 0 Å². The Morgan fingerprint density at radius 2 is 2.00 bits per heavy atom. The number of ether oxygens (including phenoxy) is 1. The van der Waals surface area contributed by atoms with Gasteiger partial charge in [-0.15, -0.1) is 0 Å². The maximum atomic E-state index is 11.4. The monoisotopic (exact) mass is 224 g/mol. The second-order valence-corrected chi connectivity index (χ2v) is 3.39. The third-order valence-electron chi connectivity index (χ3n) is 2.15. The van der Waals surface area contributed by atoms with Crippen molar-refractivity contribution in [3.8, 4) is 0 Å². The van der Waals surface area contributed by atoms with Crippen LogP contribution in [0, 0.1) is 0 Å². The van der Waals surface area contributed by atoms with Gasteiger partial charge in [-0.2, -0.15) is 4.89 Å². The number of hydrogen-bond donors (Lipinski definition) is 0. The second kappa shape index (κ2) is 6.98. The first-order valence-corrected chi connectivity index (χ1v) is 5.15. The number of carbonyl (C=O) groups is 1. The molecule has 0 N–H and O–H groups in total. The van der Waals surface area contributed by atoms with Gasteiger partial charge >= 0.3 is 5.97 Å². The van der Waals surface area contributed by atoms with Gasteiger partial charge in [-0.1, -0.05) is 18.2 Å². The zero-order valence-corrected chi connectivity index (χ0v) is 9.51. The molecule has 1 aromatic carbocycles. The van der Waals surface area contributed by atoms with Crippen LogP contribution in [0.3, 0.4) is 0 Å². The molecule has 0 saturated carbocycles. The van der Waals surface area contributed by atoms with Crippen molar-refractivity contribution in [2.24, 2.45) is 0 Å². The Balaban J connectivity index is 2.21. The molecule has 0 radical (unpaired) electrons. The summed E-state index contributed by atoms with van der Waals surface area (Å²) < 4.78 is 5.02. The van der Waals surface area contributed by atoms with Crippen molar-refractivity contribution in [2.75, 3.05) is 13.7 Å². The molecule has 1 atom stereocenters. The Hall–Kier alpha value is -1.39. The summed E-state index contributed by atoms with van der Waals surface area (Å²) in [4.78, 5) is 20.8. The average molecular weight is 224 g/mol. The standard InChI is InChI=1S/C12H16O4/c1-10(14-2)8-9-15-16-12(13)11-6-4-3-5-7-11/h3-7,10H,8-9H2,1-2H3. The van der Waals surface area contributed by atoms with Gasteiger partial charge in [-0.3, -0.25) is 4.89 Å². The smallest absolute Gasteiger partial charge is 0.373 e. The normalized spacial score (nSPS) is 12.1. The van der Waals surface area contributed by atoms with Crippen molar-refractivity contribution < 1.29 is 19.3 Å². The lowest BCUT2D eigenvalue weighted by Gasteiger charge is -2.08. The molecular formula is C12H16O4. The first-order chi connectivity index (χ1) is 7.74. The van der Waals surface area contributed by atoms with E-state index in [9.17, 15) is 4.79 Å². The summed E-state index contributed by atoms with van der Waals surface area (Å²) >= 11 is 0. The molecule has 4 nitrogen and oxygen atoms in total. The molecule has 0 bridgehead atoms. The number of hydrogen-bond acceptors (Lipinski definition) is 4. The molecule has 0 aliphatic carbocycles. The van der Waals surface area contributed by atoms with E-state index in [2.05, 4.69) is 4.89 Å². The molecule has 0 saturated heterocycles. The molecule has 0 aliphatic rings. The number of carbonyl (C=O) groups excluding carboxylic acids is 1. The summed E-state index contributed by atoms with van der Waals surface area (Å²) in [6, 6.07) is 8.71. The fourth-order valence-corrected chi connectivity index (χ4v) is 1.05. The molecule has 0 amide bonds. The van der Waals surface area contributed by atoms with Crippen LogP contribution < -0.4 is 0 Å². The predicted octanol–water partition coefficient (Wildman–Crippen LogP) is 2.20. The Kier molecular flexibility index (Phi) is 5.53. The third kappa shape index (κ3) is 4.42. The van der Waals surface area contributed by atoms with Crippen molar-refractivity contribution in [3.05, 3.63) is 35.9 Å². The molecule has 4 heteroatoms. The summed E-state index contributed by atoms with van der Waals surface area (Å²) in [6.45, 7) is 2.25. The van der Waals surface area contributed by atoms with Crippen molar-refractivity contribution in [1.82, 2.24) is 0 Å². The molecule has 16 heavy (non-hydrogen) atoms. The van der Waals surface area contributed by atoms with Crippen molar-refractivity contribution in [1.29, 1.82) is 0 Å². The fourth-order valence-electron chi connectivity index (χ4n) is 1.05. The molecule has 0 spiro atoms. The van der Waals surface area contributed by atoms with E-state index in [1.807, 2.05) is 13.0 Å². The van der Waals surface area contributed by atoms with Crippen LogP contribution in [0.15, 0.2) is 30.3 Å². The van der Waals surface area contributed by atoms with Crippen molar-refractivity contribution >= 4 is 5.97 Å². The largest absolute Gasteiger partial charge is 0.382 e. The Bertz CT molecular complexity index is 310. The number of rotatable bonds is 6. The van der Waals surface area contributed by atoms with Crippen LogP contribution >= 0.6 is 0 Å². The zero-order chi connectivity index (χ0) is 11.8. The van der Waals surface area contributed by atoms with E-state index in [1.165, 1.54) is 0 Å². The summed E-state index contributed by atoms with van der Waals surface area (Å²) in [5.41, 5.74) is 0.474. The van der Waals surface area contributed by atoms with E-state index in [4.69, 9.17) is 9.62 Å². The first kappa shape index (κ1) is 12.7. The Morgan fingerprint density at radius 3 is 2.62 bits per heavy atom. The van der Waals surface area contributed by atoms with Gasteiger partial charge < -0.3 is 4.74 Å². The van der Waals surface area contributed by atoms with Crippen LogP contribution in [-0.2, 0) is 14.5 Å². The molecular weight excluding hydrogens is 208 g/mol. The van der Waals surface area contributed by atoms with E-state index in [0.717, 1.165) is 0 Å². The van der Waals surface area contributed by atoms with E-state index in [-0.39, 0.29) is 6.10 Å². The maximum Gasteiger partial charge on any atom is 0.373 e. The Morgan fingerprint density at radius 1 is 1.31 bits per heavy atom. The summed E-state index contributed by atoms with van der Waals surface area (Å²) in [5, 5.41) is 0. The fraction of sp³-hybridized carbons (Fsp3) is 0.417. The molecule has 1 unspecified atom stereocenters. The van der Waals surface area contributed by atoms with Crippen molar-refractivity contribution in [3.63, 3.8) is 0 Å². The van der Waals surface area contributed by atoms with Gasteiger partial charge in [0.05, 0.1) is 18.3 Å². The highest BCUT2D eigenvalue weighted by atomic mass is 17.2. The molecule has 1 rings (SSSR count). The first-order valence-electron chi connectivity index (χ1n) is 5.15. The minimum absolute atomic E-state index is 0.0930. The SMILES string of the molecule is COC(C)CCOOC(=O)c1ccccc1. The molecule has 0 heterocycles. The number of benzene rings is 1. The van der Waals surface area contributed by atoms with Gasteiger partial charge in [0.25, 0.3) is 0 Å². The average Bonchev–Trinajstić information content (AvgIpc) is 2.35. The lowest BCUT2D eigenvalue weighted by molar-refractivity contribution is -0.244. The highest BCUT2D eigenvalue weighted by molar-refractivity contribution is 5.88. The van der Waals surface area contributed by atoms with E-state index < -0.39 is 5.97 Å². The van der Waals surface area contributed by atoms with Crippen LogP contribution in [0.2, 0.25) is 0 Å². The van der Waals surface area contributed by atoms with Gasteiger partial charge in [0.2, 0.25) is 0 Å². The molecule has 0 fully saturated rings. The Labute approximate surface area is 95.1 Å². The molecule has 88 valence electrons. The maximum absolute atomic E-state index is 11.4. The van der Waals surface area contributed by atoms with Crippen LogP contribution in [-0.4, -0.2) is 25.8 Å². The van der Waals surface area contributed by atoms with Gasteiger partial charge in [0.1, 0.15) is 0 Å². The lowest BCUT2D eigenvalue weighted by Crippen LogP contribution is -2.12. The highest BCUT2D eigenvalue weighted by Crippen LogP contribution is 2.02. The summed E-state index contributed by atoms with van der Waals surface area (Å²) in [6.07, 6.45) is 0.772. The predicted molar refractivity (Wildman–Crippen MR) is 58.9 cm³/mol.